The van der Waals surface area contributed by atoms with Crippen LogP contribution in [-0.2, 0) is 0 Å². The first-order valence-corrected chi connectivity index (χ1v) is 4.81. The second-order valence-corrected chi connectivity index (χ2v) is 3.72. The normalized spacial score (nSPS) is 14.8. The van der Waals surface area contributed by atoms with E-state index < -0.39 is 12.7 Å². The molecule has 0 heterocycles. The lowest BCUT2D eigenvalue weighted by Crippen LogP contribution is -2.36. The molecule has 86 valence electrons. The smallest absolute Gasteiger partial charge is 0.317 e. The van der Waals surface area contributed by atoms with Gasteiger partial charge in [0, 0.05) is 6.54 Å². The molecule has 1 atom stereocenters. The first kappa shape index (κ1) is 13.7. The Labute approximate surface area is 83.5 Å². The minimum absolute atomic E-state index is 0.238. The highest BCUT2D eigenvalue weighted by molar-refractivity contribution is 4.64. The summed E-state index contributed by atoms with van der Waals surface area (Å²) in [5.41, 5.74) is 0. The van der Waals surface area contributed by atoms with Crippen LogP contribution in [0.1, 0.15) is 13.8 Å². The topological polar surface area (TPSA) is 15.3 Å². The van der Waals surface area contributed by atoms with Crippen molar-refractivity contribution in [2.45, 2.75) is 20.0 Å². The van der Waals surface area contributed by atoms with Crippen molar-refractivity contribution in [1.82, 2.24) is 10.2 Å². The maximum Gasteiger partial charge on any atom is 0.401 e. The molecule has 0 saturated carbocycles. The minimum Gasteiger partial charge on any atom is -0.317 e. The molecule has 0 aromatic heterocycles. The van der Waals surface area contributed by atoms with Gasteiger partial charge in [-0.1, -0.05) is 13.8 Å². The molecule has 0 bridgehead atoms. The Morgan fingerprint density at radius 1 is 1.36 bits per heavy atom. The van der Waals surface area contributed by atoms with E-state index in [-0.39, 0.29) is 5.92 Å². The molecule has 0 aliphatic heterocycles. The first-order valence-electron chi connectivity index (χ1n) is 4.81. The van der Waals surface area contributed by atoms with Crippen LogP contribution in [0.25, 0.3) is 0 Å². The molecular weight excluding hydrogens is 193 g/mol. The van der Waals surface area contributed by atoms with Crippen molar-refractivity contribution in [3.63, 3.8) is 0 Å². The van der Waals surface area contributed by atoms with Gasteiger partial charge in [0.15, 0.2) is 0 Å². The van der Waals surface area contributed by atoms with Gasteiger partial charge >= 0.3 is 6.18 Å². The van der Waals surface area contributed by atoms with E-state index in [4.69, 9.17) is 0 Å². The molecule has 0 aliphatic carbocycles. The van der Waals surface area contributed by atoms with Gasteiger partial charge in [0.2, 0.25) is 0 Å². The highest BCUT2D eigenvalue weighted by Crippen LogP contribution is 2.15. The van der Waals surface area contributed by atoms with Gasteiger partial charge in [0.1, 0.15) is 0 Å². The molecule has 2 nitrogen and oxygen atoms in total. The number of hydrogen-bond acceptors (Lipinski definition) is 2. The van der Waals surface area contributed by atoms with Gasteiger partial charge in [-0.15, -0.1) is 0 Å². The Balaban J connectivity index is 3.65. The van der Waals surface area contributed by atoms with Crippen molar-refractivity contribution in [1.29, 1.82) is 0 Å². The third-order valence-electron chi connectivity index (χ3n) is 1.82. The summed E-state index contributed by atoms with van der Waals surface area (Å²) in [7, 11) is 1.50. The predicted octanol–water partition coefficient (Wildman–Crippen LogP) is 1.73. The Morgan fingerprint density at radius 3 is 2.36 bits per heavy atom. The zero-order valence-corrected chi connectivity index (χ0v) is 8.99. The van der Waals surface area contributed by atoms with Crippen LogP contribution in [0.5, 0.6) is 0 Å². The lowest BCUT2D eigenvalue weighted by molar-refractivity contribution is -0.143. The van der Waals surface area contributed by atoms with Gasteiger partial charge in [-0.05, 0) is 26.1 Å². The van der Waals surface area contributed by atoms with Crippen molar-refractivity contribution >= 4 is 0 Å². The van der Waals surface area contributed by atoms with E-state index in [9.17, 15) is 13.2 Å². The summed E-state index contributed by atoms with van der Waals surface area (Å²) in [5.74, 6) is 0.238. The highest BCUT2D eigenvalue weighted by atomic mass is 19.4. The van der Waals surface area contributed by atoms with Crippen molar-refractivity contribution in [2.24, 2.45) is 5.92 Å². The summed E-state index contributed by atoms with van der Waals surface area (Å²) < 4.78 is 35.9. The Bertz CT molecular complexity index is 147. The lowest BCUT2D eigenvalue weighted by Gasteiger charge is -2.22. The molecule has 0 saturated heterocycles. The maximum absolute atomic E-state index is 12.0. The predicted molar refractivity (Wildman–Crippen MR) is 51.3 cm³/mol. The summed E-state index contributed by atoms with van der Waals surface area (Å²) in [6, 6.07) is 0. The minimum atomic E-state index is -4.09. The summed E-state index contributed by atoms with van der Waals surface area (Å²) in [6.45, 7) is 5.17. The Kier molecular flexibility index (Phi) is 6.11. The zero-order valence-electron chi connectivity index (χ0n) is 8.99. The number of alkyl halides is 3. The number of nitrogens with zero attached hydrogens (tertiary/aromatic N) is 1. The van der Waals surface area contributed by atoms with E-state index >= 15 is 0 Å². The van der Waals surface area contributed by atoms with Crippen LogP contribution in [-0.4, -0.2) is 44.3 Å². The molecule has 1 N–H and O–H groups in total. The van der Waals surface area contributed by atoms with Gasteiger partial charge in [0.25, 0.3) is 0 Å². The van der Waals surface area contributed by atoms with Crippen LogP contribution in [0.2, 0.25) is 0 Å². The Morgan fingerprint density at radius 2 is 1.93 bits per heavy atom. The molecular formula is C9H19F3N2. The van der Waals surface area contributed by atoms with Crippen LogP contribution in [0, 0.1) is 5.92 Å². The maximum atomic E-state index is 12.0. The molecule has 0 aromatic carbocycles. The Hall–Kier alpha value is -0.290. The average Bonchev–Trinajstić information content (AvgIpc) is 1.96. The molecule has 0 rings (SSSR count). The molecule has 0 aliphatic rings. The average molecular weight is 212 g/mol. The lowest BCUT2D eigenvalue weighted by atomic mass is 10.1. The van der Waals surface area contributed by atoms with Gasteiger partial charge in [-0.3, -0.25) is 4.90 Å². The third-order valence-corrected chi connectivity index (χ3v) is 1.82. The van der Waals surface area contributed by atoms with E-state index in [1.807, 2.05) is 13.8 Å². The highest BCUT2D eigenvalue weighted by Gasteiger charge is 2.29. The van der Waals surface area contributed by atoms with Gasteiger partial charge < -0.3 is 5.32 Å². The molecule has 0 radical (unpaired) electrons. The summed E-state index contributed by atoms with van der Waals surface area (Å²) >= 11 is 0. The van der Waals surface area contributed by atoms with Crippen molar-refractivity contribution in [3.8, 4) is 0 Å². The van der Waals surface area contributed by atoms with E-state index in [1.54, 1.807) is 0 Å². The fourth-order valence-corrected chi connectivity index (χ4v) is 1.36. The summed E-state index contributed by atoms with van der Waals surface area (Å²) in [6.07, 6.45) is -4.09. The first-order chi connectivity index (χ1) is 6.35. The number of halogens is 3. The standard InChI is InChI=1S/C9H19F3N2/c1-4-13-5-8(2)6-14(3)7-9(10,11)12/h8,13H,4-7H2,1-3H3. The van der Waals surface area contributed by atoms with Crippen LogP contribution in [0.3, 0.4) is 0 Å². The van der Waals surface area contributed by atoms with Gasteiger partial charge in [0.05, 0.1) is 6.54 Å². The van der Waals surface area contributed by atoms with Crippen LogP contribution >= 0.6 is 0 Å². The second kappa shape index (κ2) is 6.24. The zero-order chi connectivity index (χ0) is 11.2. The van der Waals surface area contributed by atoms with Gasteiger partial charge in [-0.25, -0.2) is 0 Å². The molecule has 5 heteroatoms. The molecule has 0 aromatic rings. The van der Waals surface area contributed by atoms with Crippen LogP contribution in [0.4, 0.5) is 13.2 Å². The SMILES string of the molecule is CCNCC(C)CN(C)CC(F)(F)F. The van der Waals surface area contributed by atoms with Crippen molar-refractivity contribution in [3.05, 3.63) is 0 Å². The van der Waals surface area contributed by atoms with Crippen molar-refractivity contribution < 1.29 is 13.2 Å². The number of hydrogen-bond donors (Lipinski definition) is 1. The molecule has 1 unspecified atom stereocenters. The fourth-order valence-electron chi connectivity index (χ4n) is 1.36. The van der Waals surface area contributed by atoms with Crippen molar-refractivity contribution in [2.75, 3.05) is 33.2 Å². The monoisotopic (exact) mass is 212 g/mol. The molecule has 0 fully saturated rings. The van der Waals surface area contributed by atoms with Crippen LogP contribution in [0.15, 0.2) is 0 Å². The quantitative estimate of drug-likeness (QED) is 0.721. The van der Waals surface area contributed by atoms with E-state index in [0.29, 0.717) is 6.54 Å². The van der Waals surface area contributed by atoms with Crippen LogP contribution < -0.4 is 5.32 Å². The third kappa shape index (κ3) is 8.31. The number of rotatable bonds is 6. The van der Waals surface area contributed by atoms with E-state index in [1.165, 1.54) is 11.9 Å². The molecule has 0 spiro atoms. The van der Waals surface area contributed by atoms with E-state index in [0.717, 1.165) is 13.1 Å². The second-order valence-electron chi connectivity index (χ2n) is 3.72. The summed E-state index contributed by atoms with van der Waals surface area (Å²) in [5, 5.41) is 3.11. The number of nitrogens with one attached hydrogen (secondary N) is 1. The molecule has 14 heavy (non-hydrogen) atoms. The largest absolute Gasteiger partial charge is 0.401 e. The van der Waals surface area contributed by atoms with Gasteiger partial charge in [-0.2, -0.15) is 13.2 Å². The van der Waals surface area contributed by atoms with E-state index in [2.05, 4.69) is 5.32 Å². The molecule has 0 amide bonds. The summed E-state index contributed by atoms with van der Waals surface area (Å²) in [4.78, 5) is 1.31. The fraction of sp³-hybridized carbons (Fsp3) is 1.00.